The van der Waals surface area contributed by atoms with Gasteiger partial charge >= 0.3 is 6.03 Å². The zero-order valence-corrected chi connectivity index (χ0v) is 16.7. The number of rotatable bonds is 4. The van der Waals surface area contributed by atoms with Gasteiger partial charge in [0.05, 0.1) is 0 Å². The van der Waals surface area contributed by atoms with Gasteiger partial charge in [-0.05, 0) is 56.0 Å². The summed E-state index contributed by atoms with van der Waals surface area (Å²) >= 11 is 0. The molecule has 0 unspecified atom stereocenters. The van der Waals surface area contributed by atoms with Crippen molar-refractivity contribution in [3.63, 3.8) is 0 Å². The van der Waals surface area contributed by atoms with E-state index in [-0.39, 0.29) is 11.9 Å². The molecule has 1 aromatic carbocycles. The summed E-state index contributed by atoms with van der Waals surface area (Å²) in [6, 6.07) is 7.41. The maximum Gasteiger partial charge on any atom is 0.321 e. The Morgan fingerprint density at radius 3 is 2.43 bits per heavy atom. The summed E-state index contributed by atoms with van der Waals surface area (Å²) < 4.78 is 0. The summed E-state index contributed by atoms with van der Waals surface area (Å²) in [5.41, 5.74) is 1.56. The van der Waals surface area contributed by atoms with Gasteiger partial charge in [0.15, 0.2) is 0 Å². The predicted octanol–water partition coefficient (Wildman–Crippen LogP) is 2.94. The van der Waals surface area contributed by atoms with E-state index in [4.69, 9.17) is 0 Å². The Morgan fingerprint density at radius 1 is 0.929 bits per heavy atom. The second kappa shape index (κ2) is 8.95. The van der Waals surface area contributed by atoms with Crippen molar-refractivity contribution in [2.24, 2.45) is 5.92 Å². The van der Waals surface area contributed by atoms with Crippen molar-refractivity contribution in [1.29, 1.82) is 0 Å². The number of hydrogen-bond acceptors (Lipinski definition) is 3. The van der Waals surface area contributed by atoms with E-state index in [0.717, 1.165) is 44.2 Å². The molecule has 3 aliphatic rings. The molecule has 28 heavy (non-hydrogen) atoms. The van der Waals surface area contributed by atoms with Crippen LogP contribution in [-0.2, 0) is 0 Å². The van der Waals surface area contributed by atoms with Gasteiger partial charge in [-0.25, -0.2) is 4.79 Å². The first kappa shape index (κ1) is 19.2. The van der Waals surface area contributed by atoms with Crippen molar-refractivity contribution in [2.75, 3.05) is 50.7 Å². The number of anilines is 1. The van der Waals surface area contributed by atoms with Gasteiger partial charge in [0, 0.05) is 50.5 Å². The monoisotopic (exact) mass is 384 g/mol. The third-order valence-electron chi connectivity index (χ3n) is 6.40. The number of carbonyl (C=O) groups excluding carboxylic acids is 2. The van der Waals surface area contributed by atoms with Gasteiger partial charge in [0.25, 0.3) is 5.91 Å². The van der Waals surface area contributed by atoms with Gasteiger partial charge in [0.1, 0.15) is 0 Å². The minimum atomic E-state index is -0.0651. The van der Waals surface area contributed by atoms with Crippen LogP contribution in [0.5, 0.6) is 0 Å². The molecule has 4 rings (SSSR count). The second-order valence-electron chi connectivity index (χ2n) is 8.38. The molecule has 0 spiro atoms. The second-order valence-corrected chi connectivity index (χ2v) is 8.38. The minimum Gasteiger partial charge on any atom is -0.337 e. The summed E-state index contributed by atoms with van der Waals surface area (Å²) in [5, 5.41) is 2.80. The van der Waals surface area contributed by atoms with Gasteiger partial charge in [-0.2, -0.15) is 0 Å². The SMILES string of the molecule is O=C(c1ccc(N2CCNC2=O)cc1)N1CCCN(CC2CCCCC2)CC1. The van der Waals surface area contributed by atoms with Gasteiger partial charge < -0.3 is 15.1 Å². The molecule has 2 saturated heterocycles. The quantitative estimate of drug-likeness (QED) is 0.868. The molecule has 1 saturated carbocycles. The zero-order valence-electron chi connectivity index (χ0n) is 16.7. The largest absolute Gasteiger partial charge is 0.337 e. The third-order valence-corrected chi connectivity index (χ3v) is 6.40. The highest BCUT2D eigenvalue weighted by atomic mass is 16.2. The lowest BCUT2D eigenvalue weighted by Gasteiger charge is -2.28. The molecule has 1 aliphatic carbocycles. The molecule has 0 atom stereocenters. The molecule has 3 amide bonds. The zero-order chi connectivity index (χ0) is 19.3. The van der Waals surface area contributed by atoms with Gasteiger partial charge in [-0.3, -0.25) is 9.69 Å². The smallest absolute Gasteiger partial charge is 0.321 e. The first-order chi connectivity index (χ1) is 13.7. The molecule has 0 bridgehead atoms. The van der Waals surface area contributed by atoms with Crippen molar-refractivity contribution in [3.05, 3.63) is 29.8 Å². The van der Waals surface area contributed by atoms with E-state index >= 15 is 0 Å². The summed E-state index contributed by atoms with van der Waals surface area (Å²) in [7, 11) is 0. The summed E-state index contributed by atoms with van der Waals surface area (Å²) in [5.74, 6) is 0.961. The van der Waals surface area contributed by atoms with Crippen LogP contribution in [0.1, 0.15) is 48.9 Å². The van der Waals surface area contributed by atoms with Crippen molar-refractivity contribution in [3.8, 4) is 0 Å². The molecule has 1 aromatic rings. The Hall–Kier alpha value is -2.08. The van der Waals surface area contributed by atoms with Crippen LogP contribution in [-0.4, -0.2) is 67.6 Å². The molecular formula is C22H32N4O2. The highest BCUT2D eigenvalue weighted by Gasteiger charge is 2.24. The Labute approximate surface area is 167 Å². The van der Waals surface area contributed by atoms with Crippen LogP contribution in [0.3, 0.4) is 0 Å². The molecule has 152 valence electrons. The summed E-state index contributed by atoms with van der Waals surface area (Å²) in [4.78, 5) is 31.0. The number of hydrogen-bond donors (Lipinski definition) is 1. The fraction of sp³-hybridized carbons (Fsp3) is 0.636. The van der Waals surface area contributed by atoms with Crippen LogP contribution in [0, 0.1) is 5.92 Å². The Morgan fingerprint density at radius 2 is 1.71 bits per heavy atom. The summed E-state index contributed by atoms with van der Waals surface area (Å²) in [6.07, 6.45) is 7.97. The Kier molecular flexibility index (Phi) is 6.15. The van der Waals surface area contributed by atoms with Crippen LogP contribution in [0.2, 0.25) is 0 Å². The first-order valence-corrected chi connectivity index (χ1v) is 10.9. The number of benzene rings is 1. The maximum absolute atomic E-state index is 13.0. The topological polar surface area (TPSA) is 55.9 Å². The van der Waals surface area contributed by atoms with E-state index < -0.39 is 0 Å². The van der Waals surface area contributed by atoms with E-state index in [9.17, 15) is 9.59 Å². The third kappa shape index (κ3) is 4.49. The fourth-order valence-electron chi connectivity index (χ4n) is 4.78. The van der Waals surface area contributed by atoms with E-state index in [1.54, 1.807) is 4.90 Å². The number of nitrogens with one attached hydrogen (secondary N) is 1. The van der Waals surface area contributed by atoms with E-state index in [1.807, 2.05) is 29.2 Å². The van der Waals surface area contributed by atoms with Crippen LogP contribution >= 0.6 is 0 Å². The Balaban J connectivity index is 1.32. The normalized spacial score (nSPS) is 22.2. The number of urea groups is 1. The molecule has 6 heteroatoms. The highest BCUT2D eigenvalue weighted by Crippen LogP contribution is 2.25. The van der Waals surface area contributed by atoms with Gasteiger partial charge in [0.2, 0.25) is 0 Å². The lowest BCUT2D eigenvalue weighted by atomic mass is 9.89. The molecule has 0 radical (unpaired) electrons. The first-order valence-electron chi connectivity index (χ1n) is 10.9. The van der Waals surface area contributed by atoms with Crippen LogP contribution in [0.25, 0.3) is 0 Å². The van der Waals surface area contributed by atoms with Crippen molar-refractivity contribution in [2.45, 2.75) is 38.5 Å². The van der Waals surface area contributed by atoms with Crippen molar-refractivity contribution >= 4 is 17.6 Å². The average Bonchev–Trinajstić information content (AvgIpc) is 3.02. The Bertz CT molecular complexity index is 684. The fourth-order valence-corrected chi connectivity index (χ4v) is 4.78. The molecule has 6 nitrogen and oxygen atoms in total. The van der Waals surface area contributed by atoms with E-state index in [1.165, 1.54) is 38.6 Å². The van der Waals surface area contributed by atoms with Crippen LogP contribution in [0.4, 0.5) is 10.5 Å². The van der Waals surface area contributed by atoms with Crippen LogP contribution < -0.4 is 10.2 Å². The standard InChI is InChI=1S/C22H32N4O2/c27-21(19-7-9-20(10-8-19)26-14-11-23-22(26)28)25-13-4-12-24(15-16-25)17-18-5-2-1-3-6-18/h7-10,18H,1-6,11-17H2,(H,23,28). The lowest BCUT2D eigenvalue weighted by molar-refractivity contribution is 0.0760. The maximum atomic E-state index is 13.0. The van der Waals surface area contributed by atoms with Gasteiger partial charge in [-0.1, -0.05) is 19.3 Å². The van der Waals surface area contributed by atoms with Crippen molar-refractivity contribution in [1.82, 2.24) is 15.1 Å². The lowest BCUT2D eigenvalue weighted by Crippen LogP contribution is -2.37. The summed E-state index contributed by atoms with van der Waals surface area (Å²) in [6.45, 7) is 6.27. The number of nitrogens with zero attached hydrogens (tertiary/aromatic N) is 3. The van der Waals surface area contributed by atoms with E-state index in [0.29, 0.717) is 18.7 Å². The molecule has 1 N–H and O–H groups in total. The minimum absolute atomic E-state index is 0.0651. The molecule has 2 heterocycles. The van der Waals surface area contributed by atoms with Gasteiger partial charge in [-0.15, -0.1) is 0 Å². The number of amides is 3. The van der Waals surface area contributed by atoms with Crippen molar-refractivity contribution < 1.29 is 9.59 Å². The predicted molar refractivity (Wildman–Crippen MR) is 111 cm³/mol. The molecule has 2 aliphatic heterocycles. The molecule has 0 aromatic heterocycles. The van der Waals surface area contributed by atoms with E-state index in [2.05, 4.69) is 10.2 Å². The molecular weight excluding hydrogens is 352 g/mol. The number of carbonyl (C=O) groups is 2. The molecule has 3 fully saturated rings. The highest BCUT2D eigenvalue weighted by molar-refractivity contribution is 5.97. The van der Waals surface area contributed by atoms with Crippen LogP contribution in [0.15, 0.2) is 24.3 Å². The average molecular weight is 385 g/mol.